The molecule has 0 atom stereocenters. The third kappa shape index (κ3) is 3.53. The molecule has 3 aromatic carbocycles. The van der Waals surface area contributed by atoms with Crippen molar-refractivity contribution in [2.45, 2.75) is 6.54 Å². The second-order valence-corrected chi connectivity index (χ2v) is 8.16. The van der Waals surface area contributed by atoms with E-state index < -0.39 is 0 Å². The fourth-order valence-corrected chi connectivity index (χ4v) is 4.49. The van der Waals surface area contributed by atoms with Gasteiger partial charge in [-0.05, 0) is 35.9 Å². The summed E-state index contributed by atoms with van der Waals surface area (Å²) in [5.74, 6) is 1.02. The van der Waals surface area contributed by atoms with Gasteiger partial charge in [0.2, 0.25) is 0 Å². The highest BCUT2D eigenvalue weighted by Crippen LogP contribution is 2.29. The number of quaternary nitrogens is 1. The van der Waals surface area contributed by atoms with Gasteiger partial charge in [-0.15, -0.1) is 0 Å². The molecule has 0 unspecified atom stereocenters. The predicted molar refractivity (Wildman–Crippen MR) is 130 cm³/mol. The van der Waals surface area contributed by atoms with E-state index in [1.165, 1.54) is 0 Å². The third-order valence-corrected chi connectivity index (χ3v) is 6.15. The van der Waals surface area contributed by atoms with E-state index in [4.69, 9.17) is 4.74 Å². The van der Waals surface area contributed by atoms with E-state index in [1.54, 1.807) is 13.3 Å². The van der Waals surface area contributed by atoms with E-state index in [-0.39, 0.29) is 11.4 Å². The monoisotopic (exact) mass is 452 g/mol. The van der Waals surface area contributed by atoms with E-state index in [0.29, 0.717) is 6.54 Å². The first kappa shape index (κ1) is 21.5. The maximum absolute atomic E-state index is 11.4. The summed E-state index contributed by atoms with van der Waals surface area (Å²) >= 11 is 0. The minimum absolute atomic E-state index is 0. The topological polar surface area (TPSA) is 95.4 Å². The zero-order valence-corrected chi connectivity index (χ0v) is 18.6. The van der Waals surface area contributed by atoms with Crippen molar-refractivity contribution in [2.75, 3.05) is 12.1 Å². The number of methoxy groups -OCH3 is 1. The van der Waals surface area contributed by atoms with Gasteiger partial charge in [-0.25, -0.2) is 5.43 Å². The van der Waals surface area contributed by atoms with Crippen molar-refractivity contribution < 1.29 is 20.7 Å². The smallest absolute Gasteiger partial charge is 0.270 e. The van der Waals surface area contributed by atoms with Crippen LogP contribution in [0.5, 0.6) is 5.75 Å². The van der Waals surface area contributed by atoms with Gasteiger partial charge in [0, 0.05) is 28.6 Å². The molecule has 2 aliphatic rings. The standard InChI is InChI=1S/C27H22N4O2.H2O/c1-33-22-12-10-18(11-13-22)16-30-17-20-7-2-4-8-23(20)25-26(30)27(32)31(29-25)21-14-19-6-3-5-9-24(19)28-15-21;/h2-15,17,29,32H,16H2,1H3;1H2. The largest absolute Gasteiger partial charge is 0.870 e. The van der Waals surface area contributed by atoms with Gasteiger partial charge in [0.1, 0.15) is 11.4 Å². The zero-order valence-electron chi connectivity index (χ0n) is 18.6. The Bertz CT molecular complexity index is 1530. The number of anilines is 1. The molecule has 0 aliphatic carbocycles. The molecule has 4 N–H and O–H groups in total. The summed E-state index contributed by atoms with van der Waals surface area (Å²) in [6, 6.07) is 26.3. The van der Waals surface area contributed by atoms with Gasteiger partial charge >= 0.3 is 0 Å². The number of hydrogen-bond donors (Lipinski definition) is 2. The molecule has 1 aromatic heterocycles. The van der Waals surface area contributed by atoms with Crippen LogP contribution in [-0.2, 0) is 6.54 Å². The number of aliphatic hydroxyl groups is 1. The predicted octanol–water partition coefficient (Wildman–Crippen LogP) is 2.15. The summed E-state index contributed by atoms with van der Waals surface area (Å²) < 4.78 is 5.29. The molecule has 170 valence electrons. The highest BCUT2D eigenvalue weighted by Gasteiger charge is 2.38. The van der Waals surface area contributed by atoms with Crippen molar-refractivity contribution in [2.24, 2.45) is 0 Å². The lowest BCUT2D eigenvalue weighted by molar-refractivity contribution is -0.568. The molecule has 2 aliphatic heterocycles. The molecule has 34 heavy (non-hydrogen) atoms. The van der Waals surface area contributed by atoms with E-state index in [2.05, 4.69) is 34.3 Å². The summed E-state index contributed by atoms with van der Waals surface area (Å²) in [6.45, 7) is 0.624. The number of pyridine rings is 1. The Morgan fingerprint density at radius 2 is 1.74 bits per heavy atom. The second-order valence-electron chi connectivity index (χ2n) is 8.16. The number of rotatable bonds is 4. The number of hydrogen-bond acceptors (Lipinski definition) is 6. The molecule has 3 heterocycles. The molecule has 0 bridgehead atoms. The van der Waals surface area contributed by atoms with Gasteiger partial charge in [-0.3, -0.25) is 4.98 Å². The fraction of sp³-hybridized carbons (Fsp3) is 0.0741. The van der Waals surface area contributed by atoms with Crippen LogP contribution in [0.3, 0.4) is 0 Å². The number of nitrogens with two attached hydrogens (primary N) is 1. The third-order valence-electron chi connectivity index (χ3n) is 6.15. The van der Waals surface area contributed by atoms with Crippen molar-refractivity contribution >= 4 is 28.5 Å². The molecule has 0 radical (unpaired) electrons. The molecule has 4 aromatic rings. The quantitative estimate of drug-likeness (QED) is 0.461. The number of aliphatic hydroxyl groups excluding tert-OH is 1. The van der Waals surface area contributed by atoms with E-state index >= 15 is 0 Å². The molecule has 0 fully saturated rings. The number of fused-ring (bicyclic) bond motifs is 3. The van der Waals surface area contributed by atoms with Crippen LogP contribution in [-0.4, -0.2) is 27.6 Å². The van der Waals surface area contributed by atoms with Gasteiger partial charge in [-0.1, -0.05) is 48.5 Å². The van der Waals surface area contributed by atoms with Gasteiger partial charge in [0.25, 0.3) is 5.88 Å². The van der Waals surface area contributed by atoms with Crippen LogP contribution in [0, 0.1) is 0 Å². The minimum atomic E-state index is 0. The van der Waals surface area contributed by atoms with Crippen molar-refractivity contribution in [3.05, 3.63) is 113 Å². The van der Waals surface area contributed by atoms with Crippen LogP contribution in [0.15, 0.2) is 96.6 Å². The number of aromatic nitrogens is 1. The summed E-state index contributed by atoms with van der Waals surface area (Å²) in [4.78, 5) is 6.70. The lowest BCUT2D eigenvalue weighted by Crippen LogP contribution is -2.90. The molecule has 7 heteroatoms. The number of ether oxygens (including phenoxy) is 1. The highest BCUT2D eigenvalue weighted by atomic mass is 16.5. The Balaban J connectivity index is 0.00000241. The van der Waals surface area contributed by atoms with Crippen molar-refractivity contribution in [3.63, 3.8) is 0 Å². The summed E-state index contributed by atoms with van der Waals surface area (Å²) in [7, 11) is 1.67. The molecule has 0 spiro atoms. The van der Waals surface area contributed by atoms with Crippen molar-refractivity contribution in [1.29, 1.82) is 0 Å². The summed E-state index contributed by atoms with van der Waals surface area (Å²) in [5, 5.41) is 16.5. The first-order chi connectivity index (χ1) is 16.2. The molecule has 0 saturated heterocycles. The summed E-state index contributed by atoms with van der Waals surface area (Å²) in [6.07, 6.45) is 3.90. The SMILES string of the molecule is COc1ccc(CN2C=c3ccccc3=C3[NH2+]N(c4cnc5ccccc5c4)C(O)=C32)cc1.[OH-]. The minimum Gasteiger partial charge on any atom is -0.870 e. The van der Waals surface area contributed by atoms with Gasteiger partial charge < -0.3 is 20.2 Å². The van der Waals surface area contributed by atoms with Crippen LogP contribution in [0.1, 0.15) is 5.56 Å². The number of para-hydroxylation sites is 1. The molecular formula is C27H24N4O3. The lowest BCUT2D eigenvalue weighted by atomic mass is 10.1. The molecule has 7 nitrogen and oxygen atoms in total. The van der Waals surface area contributed by atoms with Gasteiger partial charge in [0.05, 0.1) is 18.8 Å². The second kappa shape index (κ2) is 8.55. The Hall–Kier alpha value is -4.33. The molecule has 6 rings (SSSR count). The molecule has 0 amide bonds. The normalized spacial score (nSPS) is 14.4. The Labute approximate surface area is 196 Å². The first-order valence-corrected chi connectivity index (χ1v) is 10.8. The Morgan fingerprint density at radius 1 is 0.971 bits per heavy atom. The van der Waals surface area contributed by atoms with E-state index in [0.717, 1.165) is 49.7 Å². The number of benzene rings is 3. The Morgan fingerprint density at radius 3 is 2.56 bits per heavy atom. The lowest BCUT2D eigenvalue weighted by Gasteiger charge is -2.23. The average molecular weight is 453 g/mol. The first-order valence-electron chi connectivity index (χ1n) is 10.8. The van der Waals surface area contributed by atoms with Crippen LogP contribution >= 0.6 is 0 Å². The maximum atomic E-state index is 11.4. The van der Waals surface area contributed by atoms with Gasteiger partial charge in [0.15, 0.2) is 11.4 Å². The highest BCUT2D eigenvalue weighted by molar-refractivity contribution is 5.82. The maximum Gasteiger partial charge on any atom is 0.270 e. The molecule has 0 saturated carbocycles. The van der Waals surface area contributed by atoms with E-state index in [9.17, 15) is 5.11 Å². The van der Waals surface area contributed by atoms with E-state index in [1.807, 2.05) is 71.1 Å². The van der Waals surface area contributed by atoms with Crippen LogP contribution in [0.25, 0.3) is 22.8 Å². The average Bonchev–Trinajstić information content (AvgIpc) is 3.22. The van der Waals surface area contributed by atoms with Gasteiger partial charge in [-0.2, -0.15) is 5.01 Å². The zero-order chi connectivity index (χ0) is 22.4. The Kier molecular flexibility index (Phi) is 5.41. The van der Waals surface area contributed by atoms with Crippen LogP contribution in [0.2, 0.25) is 0 Å². The van der Waals surface area contributed by atoms with Crippen LogP contribution < -0.4 is 25.6 Å². The summed E-state index contributed by atoms with van der Waals surface area (Å²) in [5.41, 5.74) is 6.66. The molecular weight excluding hydrogens is 428 g/mol. The van der Waals surface area contributed by atoms with Crippen molar-refractivity contribution in [1.82, 2.24) is 9.88 Å². The number of nitrogens with zero attached hydrogens (tertiary/aromatic N) is 3. The van der Waals surface area contributed by atoms with Crippen LogP contribution in [0.4, 0.5) is 5.69 Å². The fourth-order valence-electron chi connectivity index (χ4n) is 4.49. The van der Waals surface area contributed by atoms with Crippen molar-refractivity contribution in [3.8, 4) is 5.75 Å².